The second-order valence-corrected chi connectivity index (χ2v) is 7.58. The minimum atomic E-state index is -0.165. The van der Waals surface area contributed by atoms with Crippen molar-refractivity contribution in [1.82, 2.24) is 14.7 Å². The molecule has 2 aliphatic heterocycles. The zero-order valence-electron chi connectivity index (χ0n) is 16.0. The number of rotatable bonds is 4. The summed E-state index contributed by atoms with van der Waals surface area (Å²) in [6, 6.07) is 8.11. The molecule has 6 nitrogen and oxygen atoms in total. The van der Waals surface area contributed by atoms with Gasteiger partial charge in [0.15, 0.2) is 0 Å². The molecule has 0 saturated carbocycles. The quantitative estimate of drug-likeness (QED) is 0.819. The number of carbonyl (C=O) groups is 2. The Morgan fingerprint density at radius 3 is 2.46 bits per heavy atom. The number of methoxy groups -OCH3 is 1. The Labute approximate surface area is 155 Å². The molecule has 3 rings (SSSR count). The molecule has 0 bridgehead atoms. The first-order valence-corrected chi connectivity index (χ1v) is 9.33. The topological polar surface area (TPSA) is 53.1 Å². The van der Waals surface area contributed by atoms with E-state index in [9.17, 15) is 9.59 Å². The average molecular weight is 359 g/mol. The number of ether oxygens (including phenoxy) is 1. The third-order valence-corrected chi connectivity index (χ3v) is 5.57. The number of nitrogens with zero attached hydrogens (tertiary/aromatic N) is 3. The molecule has 0 unspecified atom stereocenters. The van der Waals surface area contributed by atoms with Crippen molar-refractivity contribution in [1.29, 1.82) is 0 Å². The molecular weight excluding hydrogens is 330 g/mol. The van der Waals surface area contributed by atoms with Crippen LogP contribution in [0.5, 0.6) is 5.75 Å². The van der Waals surface area contributed by atoms with Crippen LogP contribution in [0.15, 0.2) is 24.3 Å². The van der Waals surface area contributed by atoms with E-state index < -0.39 is 0 Å². The Morgan fingerprint density at radius 1 is 1.15 bits per heavy atom. The molecule has 0 radical (unpaired) electrons. The molecule has 26 heavy (non-hydrogen) atoms. The summed E-state index contributed by atoms with van der Waals surface area (Å²) in [7, 11) is 1.67. The van der Waals surface area contributed by atoms with Gasteiger partial charge in [0.2, 0.25) is 11.8 Å². The van der Waals surface area contributed by atoms with Crippen LogP contribution in [0.3, 0.4) is 0 Å². The number of carbonyl (C=O) groups excluding carboxylic acids is 2. The highest BCUT2D eigenvalue weighted by atomic mass is 16.5. The summed E-state index contributed by atoms with van der Waals surface area (Å²) in [5.74, 6) is 1.16. The molecular formula is C20H29N3O3. The maximum absolute atomic E-state index is 12.4. The van der Waals surface area contributed by atoms with Crippen LogP contribution in [0.4, 0.5) is 0 Å². The van der Waals surface area contributed by atoms with Crippen LogP contribution in [-0.4, -0.2) is 72.9 Å². The first-order valence-electron chi connectivity index (χ1n) is 9.33. The minimum Gasteiger partial charge on any atom is -0.497 e. The van der Waals surface area contributed by atoms with E-state index in [-0.39, 0.29) is 17.2 Å². The summed E-state index contributed by atoms with van der Waals surface area (Å²) < 4.78 is 5.23. The normalized spacial score (nSPS) is 24.2. The zero-order valence-corrected chi connectivity index (χ0v) is 16.0. The van der Waals surface area contributed by atoms with Crippen molar-refractivity contribution >= 4 is 11.8 Å². The molecule has 1 aromatic carbocycles. The Kier molecular flexibility index (Phi) is 5.51. The van der Waals surface area contributed by atoms with Crippen LogP contribution in [-0.2, 0) is 16.1 Å². The van der Waals surface area contributed by atoms with Crippen LogP contribution < -0.4 is 4.74 Å². The van der Waals surface area contributed by atoms with Gasteiger partial charge in [-0.05, 0) is 24.6 Å². The molecule has 2 amide bonds. The van der Waals surface area contributed by atoms with Gasteiger partial charge in [-0.15, -0.1) is 0 Å². The van der Waals surface area contributed by atoms with Gasteiger partial charge in [-0.25, -0.2) is 0 Å². The number of benzene rings is 1. The van der Waals surface area contributed by atoms with Gasteiger partial charge in [0.25, 0.3) is 0 Å². The lowest BCUT2D eigenvalue weighted by atomic mass is 9.85. The van der Waals surface area contributed by atoms with Crippen molar-refractivity contribution in [3.63, 3.8) is 0 Å². The van der Waals surface area contributed by atoms with Gasteiger partial charge in [0, 0.05) is 64.6 Å². The predicted octanol–water partition coefficient (Wildman–Crippen LogP) is 1.60. The van der Waals surface area contributed by atoms with Gasteiger partial charge < -0.3 is 14.5 Å². The van der Waals surface area contributed by atoms with Gasteiger partial charge in [0.05, 0.1) is 7.11 Å². The lowest BCUT2D eigenvalue weighted by Gasteiger charge is -2.33. The van der Waals surface area contributed by atoms with Crippen molar-refractivity contribution < 1.29 is 14.3 Å². The van der Waals surface area contributed by atoms with Gasteiger partial charge >= 0.3 is 0 Å². The van der Waals surface area contributed by atoms with Crippen molar-refractivity contribution in [3.8, 4) is 5.75 Å². The van der Waals surface area contributed by atoms with Crippen molar-refractivity contribution in [2.75, 3.05) is 46.4 Å². The van der Waals surface area contributed by atoms with Crippen LogP contribution >= 0.6 is 0 Å². The van der Waals surface area contributed by atoms with Gasteiger partial charge in [-0.1, -0.05) is 12.1 Å². The lowest BCUT2D eigenvalue weighted by Crippen LogP contribution is -2.43. The molecule has 1 spiro atoms. The lowest BCUT2D eigenvalue weighted by molar-refractivity contribution is -0.130. The van der Waals surface area contributed by atoms with Crippen molar-refractivity contribution in [2.45, 2.75) is 26.8 Å². The SMILES string of the molecule is CCN1C[C@@]2(CC1=O)CN(Cc1ccc(OC)cc1)CCN(C(C)=O)C2. The Morgan fingerprint density at radius 2 is 1.88 bits per heavy atom. The summed E-state index contributed by atoms with van der Waals surface area (Å²) >= 11 is 0. The van der Waals surface area contributed by atoms with E-state index in [1.807, 2.05) is 28.9 Å². The average Bonchev–Trinajstić information content (AvgIpc) is 2.82. The fourth-order valence-electron chi connectivity index (χ4n) is 4.22. The molecule has 0 aromatic heterocycles. The van der Waals surface area contributed by atoms with Crippen LogP contribution in [0.2, 0.25) is 0 Å². The highest BCUT2D eigenvalue weighted by Gasteiger charge is 2.46. The molecule has 2 heterocycles. The molecule has 2 saturated heterocycles. The summed E-state index contributed by atoms with van der Waals surface area (Å²) in [5.41, 5.74) is 1.05. The van der Waals surface area contributed by atoms with Gasteiger partial charge in [-0.2, -0.15) is 0 Å². The molecule has 0 N–H and O–H groups in total. The minimum absolute atomic E-state index is 0.0954. The van der Waals surface area contributed by atoms with Gasteiger partial charge in [-0.3, -0.25) is 14.5 Å². The highest BCUT2D eigenvalue weighted by molar-refractivity contribution is 5.80. The molecule has 6 heteroatoms. The maximum Gasteiger partial charge on any atom is 0.223 e. The summed E-state index contributed by atoms with van der Waals surface area (Å²) in [6.45, 7) is 8.99. The summed E-state index contributed by atoms with van der Waals surface area (Å²) in [4.78, 5) is 30.7. The monoisotopic (exact) mass is 359 g/mol. The third kappa shape index (κ3) is 4.01. The Bertz CT molecular complexity index is 661. The number of amides is 2. The fourth-order valence-corrected chi connectivity index (χ4v) is 4.22. The van der Waals surface area contributed by atoms with E-state index in [1.54, 1.807) is 14.0 Å². The van der Waals surface area contributed by atoms with E-state index in [0.717, 1.165) is 38.5 Å². The third-order valence-electron chi connectivity index (χ3n) is 5.57. The summed E-state index contributed by atoms with van der Waals surface area (Å²) in [5, 5.41) is 0. The molecule has 1 atom stereocenters. The van der Waals surface area contributed by atoms with E-state index in [1.165, 1.54) is 5.56 Å². The van der Waals surface area contributed by atoms with Crippen LogP contribution in [0.25, 0.3) is 0 Å². The van der Waals surface area contributed by atoms with Crippen molar-refractivity contribution in [2.24, 2.45) is 5.41 Å². The van der Waals surface area contributed by atoms with Gasteiger partial charge in [0.1, 0.15) is 5.75 Å². The smallest absolute Gasteiger partial charge is 0.223 e. The molecule has 1 aromatic rings. The second kappa shape index (κ2) is 7.66. The van der Waals surface area contributed by atoms with E-state index in [0.29, 0.717) is 19.5 Å². The number of likely N-dealkylation sites (tertiary alicyclic amines) is 1. The zero-order chi connectivity index (χ0) is 18.7. The highest BCUT2D eigenvalue weighted by Crippen LogP contribution is 2.35. The Balaban J connectivity index is 1.78. The predicted molar refractivity (Wildman–Crippen MR) is 99.8 cm³/mol. The number of hydrogen-bond donors (Lipinski definition) is 0. The van der Waals surface area contributed by atoms with Crippen LogP contribution in [0, 0.1) is 5.41 Å². The van der Waals surface area contributed by atoms with E-state index in [2.05, 4.69) is 17.0 Å². The summed E-state index contributed by atoms with van der Waals surface area (Å²) in [6.07, 6.45) is 0.531. The second-order valence-electron chi connectivity index (χ2n) is 7.58. The first-order chi connectivity index (χ1) is 12.4. The maximum atomic E-state index is 12.4. The Hall–Kier alpha value is -2.08. The number of hydrogen-bond acceptors (Lipinski definition) is 4. The van der Waals surface area contributed by atoms with E-state index >= 15 is 0 Å². The standard InChI is InChI=1S/C20H29N3O3/c1-4-22-14-20(11-19(22)25)13-21(9-10-23(15-20)16(2)24)12-17-5-7-18(26-3)8-6-17/h5-8H,4,9-15H2,1-3H3/t20-/m1/s1. The van der Waals surface area contributed by atoms with Crippen LogP contribution in [0.1, 0.15) is 25.8 Å². The first kappa shape index (κ1) is 18.7. The van der Waals surface area contributed by atoms with E-state index in [4.69, 9.17) is 4.74 Å². The largest absolute Gasteiger partial charge is 0.497 e. The molecule has 142 valence electrons. The molecule has 0 aliphatic carbocycles. The molecule has 2 fully saturated rings. The molecule has 2 aliphatic rings. The fraction of sp³-hybridized carbons (Fsp3) is 0.600. The van der Waals surface area contributed by atoms with Crippen molar-refractivity contribution in [3.05, 3.63) is 29.8 Å².